The lowest BCUT2D eigenvalue weighted by Crippen LogP contribution is -2.26. The van der Waals surface area contributed by atoms with Gasteiger partial charge in [0.05, 0.1) is 5.56 Å². The maximum Gasteiger partial charge on any atom is 0.256 e. The number of carbonyl (C=O) groups is 1. The fraction of sp³-hybridized carbons (Fsp3) is 0.211. The molecule has 4 rings (SSSR count). The number of nitrogens with one attached hydrogen (secondary N) is 1. The second-order valence-corrected chi connectivity index (χ2v) is 7.86. The second kappa shape index (κ2) is 6.96. The number of carbonyl (C=O) groups excluding carboxylic acids is 1. The van der Waals surface area contributed by atoms with Gasteiger partial charge < -0.3 is 19.4 Å². The van der Waals surface area contributed by atoms with Gasteiger partial charge in [-0.1, -0.05) is 6.07 Å². The predicted molar refractivity (Wildman–Crippen MR) is 107 cm³/mol. The van der Waals surface area contributed by atoms with E-state index in [0.29, 0.717) is 25.3 Å². The van der Waals surface area contributed by atoms with Crippen LogP contribution < -0.4 is 9.47 Å². The van der Waals surface area contributed by atoms with E-state index in [1.807, 2.05) is 30.3 Å². The Morgan fingerprint density at radius 2 is 1.85 bits per heavy atom. The monoisotopic (exact) mass is 478 g/mol. The van der Waals surface area contributed by atoms with Crippen molar-refractivity contribution >= 4 is 48.7 Å². The minimum Gasteiger partial charge on any atom is -0.486 e. The van der Waals surface area contributed by atoms with Gasteiger partial charge in [-0.15, -0.1) is 0 Å². The molecular formula is C19H16Br2N2O3. The number of H-pyrrole nitrogens is 1. The molecule has 1 aliphatic rings. The topological polar surface area (TPSA) is 54.6 Å². The molecule has 0 spiro atoms. The summed E-state index contributed by atoms with van der Waals surface area (Å²) in [5, 5.41) is 0.888. The van der Waals surface area contributed by atoms with Crippen molar-refractivity contribution in [3.05, 3.63) is 56.6 Å². The van der Waals surface area contributed by atoms with Gasteiger partial charge in [0.25, 0.3) is 5.91 Å². The molecule has 0 saturated carbocycles. The highest BCUT2D eigenvalue weighted by Gasteiger charge is 2.19. The molecule has 7 heteroatoms. The van der Waals surface area contributed by atoms with E-state index in [-0.39, 0.29) is 5.91 Å². The van der Waals surface area contributed by atoms with Crippen LogP contribution >= 0.6 is 31.9 Å². The lowest BCUT2D eigenvalue weighted by molar-refractivity contribution is 0.0786. The van der Waals surface area contributed by atoms with E-state index < -0.39 is 0 Å². The fourth-order valence-corrected chi connectivity index (χ4v) is 3.72. The highest BCUT2D eigenvalue weighted by molar-refractivity contribution is 9.13. The van der Waals surface area contributed by atoms with Crippen molar-refractivity contribution in [2.75, 3.05) is 20.3 Å². The predicted octanol–water partition coefficient (Wildman–Crippen LogP) is 4.74. The molecule has 1 aromatic heterocycles. The number of aromatic amines is 1. The summed E-state index contributed by atoms with van der Waals surface area (Å²) in [7, 11) is 1.80. The summed E-state index contributed by atoms with van der Waals surface area (Å²) in [4.78, 5) is 17.8. The molecule has 5 nitrogen and oxygen atoms in total. The van der Waals surface area contributed by atoms with Gasteiger partial charge in [0.1, 0.15) is 13.2 Å². The molecule has 0 radical (unpaired) electrons. The van der Waals surface area contributed by atoms with Gasteiger partial charge >= 0.3 is 0 Å². The molecule has 0 atom stereocenters. The maximum absolute atomic E-state index is 12.9. The van der Waals surface area contributed by atoms with Crippen LogP contribution in [0.2, 0.25) is 0 Å². The zero-order valence-corrected chi connectivity index (χ0v) is 17.2. The van der Waals surface area contributed by atoms with Crippen molar-refractivity contribution in [3.8, 4) is 11.5 Å². The van der Waals surface area contributed by atoms with E-state index in [1.165, 1.54) is 0 Å². The van der Waals surface area contributed by atoms with Gasteiger partial charge in [-0.2, -0.15) is 0 Å². The Hall–Kier alpha value is -1.99. The smallest absolute Gasteiger partial charge is 0.256 e. The number of benzene rings is 2. The number of hydrogen-bond acceptors (Lipinski definition) is 3. The third kappa shape index (κ3) is 3.21. The van der Waals surface area contributed by atoms with Crippen molar-refractivity contribution < 1.29 is 14.3 Å². The first kappa shape index (κ1) is 17.4. The third-order valence-corrected chi connectivity index (χ3v) is 6.17. The summed E-state index contributed by atoms with van der Waals surface area (Å²) in [6, 6.07) is 9.68. The molecule has 0 unspecified atom stereocenters. The second-order valence-electron chi connectivity index (χ2n) is 6.15. The Morgan fingerprint density at radius 1 is 1.12 bits per heavy atom. The number of nitrogens with zero attached hydrogens (tertiary/aromatic N) is 1. The molecule has 134 valence electrons. The van der Waals surface area contributed by atoms with Crippen LogP contribution in [0.25, 0.3) is 10.9 Å². The van der Waals surface area contributed by atoms with Crippen molar-refractivity contribution in [3.63, 3.8) is 0 Å². The van der Waals surface area contributed by atoms with Crippen LogP contribution in [0.4, 0.5) is 0 Å². The van der Waals surface area contributed by atoms with E-state index in [1.54, 1.807) is 18.1 Å². The average molecular weight is 480 g/mol. The zero-order valence-electron chi connectivity index (χ0n) is 14.0. The summed E-state index contributed by atoms with van der Waals surface area (Å²) in [5.41, 5.74) is 2.55. The summed E-state index contributed by atoms with van der Waals surface area (Å²) < 4.78 is 13.0. The Labute approximate surface area is 167 Å². The minimum atomic E-state index is -0.0413. The largest absolute Gasteiger partial charge is 0.486 e. The summed E-state index contributed by atoms with van der Waals surface area (Å²) >= 11 is 6.98. The third-order valence-electron chi connectivity index (χ3n) is 4.33. The summed E-state index contributed by atoms with van der Waals surface area (Å²) in [6.07, 6.45) is 1.76. The molecule has 3 aromatic rings. The molecule has 0 saturated heterocycles. The van der Waals surface area contributed by atoms with E-state index in [0.717, 1.165) is 36.9 Å². The standard InChI is InChI=1S/C19H16Br2N2O3/c1-23(10-11-2-3-17-18(6-11)26-5-4-25-17)19(24)13-9-22-16-8-15(21)14(20)7-12(13)16/h2-3,6-9,22H,4-5,10H2,1H3. The van der Waals surface area contributed by atoms with E-state index in [4.69, 9.17) is 9.47 Å². The van der Waals surface area contributed by atoms with Crippen molar-refractivity contribution in [2.45, 2.75) is 6.54 Å². The summed E-state index contributed by atoms with van der Waals surface area (Å²) in [6.45, 7) is 1.60. The zero-order chi connectivity index (χ0) is 18.3. The summed E-state index contributed by atoms with van der Waals surface area (Å²) in [5.74, 6) is 1.44. The number of hydrogen-bond donors (Lipinski definition) is 1. The van der Waals surface area contributed by atoms with E-state index in [9.17, 15) is 4.79 Å². The molecule has 0 bridgehead atoms. The molecule has 26 heavy (non-hydrogen) atoms. The molecule has 1 amide bonds. The molecule has 1 aliphatic heterocycles. The van der Waals surface area contributed by atoms with Crippen LogP contribution in [0.3, 0.4) is 0 Å². The normalized spacial score (nSPS) is 13.0. The molecule has 0 fully saturated rings. The van der Waals surface area contributed by atoms with Gasteiger partial charge in [0.15, 0.2) is 11.5 Å². The fourth-order valence-electron chi connectivity index (χ4n) is 3.03. The number of ether oxygens (including phenoxy) is 2. The molecule has 0 aliphatic carbocycles. The van der Waals surface area contributed by atoms with Crippen LogP contribution in [0.1, 0.15) is 15.9 Å². The average Bonchev–Trinajstić information content (AvgIpc) is 3.04. The van der Waals surface area contributed by atoms with Crippen molar-refractivity contribution in [1.29, 1.82) is 0 Å². The Morgan fingerprint density at radius 3 is 2.65 bits per heavy atom. The molecule has 2 aromatic carbocycles. The van der Waals surface area contributed by atoms with Crippen LogP contribution in [0.5, 0.6) is 11.5 Å². The number of amides is 1. The number of fused-ring (bicyclic) bond motifs is 2. The lowest BCUT2D eigenvalue weighted by Gasteiger charge is -2.21. The van der Waals surface area contributed by atoms with Crippen LogP contribution in [0, 0.1) is 0 Å². The van der Waals surface area contributed by atoms with Crippen LogP contribution in [-0.4, -0.2) is 36.1 Å². The number of halogens is 2. The lowest BCUT2D eigenvalue weighted by atomic mass is 10.1. The maximum atomic E-state index is 12.9. The molecule has 1 N–H and O–H groups in total. The van der Waals surface area contributed by atoms with E-state index in [2.05, 4.69) is 36.8 Å². The SMILES string of the molecule is CN(Cc1ccc2c(c1)OCCO2)C(=O)c1c[nH]c2cc(Br)c(Br)cc12. The Kier molecular flexibility index (Phi) is 4.67. The Bertz CT molecular complexity index is 1000. The Balaban J connectivity index is 1.58. The first-order valence-electron chi connectivity index (χ1n) is 8.13. The van der Waals surface area contributed by atoms with Crippen LogP contribution in [-0.2, 0) is 6.54 Å². The van der Waals surface area contributed by atoms with Gasteiger partial charge in [0, 0.05) is 39.6 Å². The number of aromatic nitrogens is 1. The van der Waals surface area contributed by atoms with Crippen molar-refractivity contribution in [2.24, 2.45) is 0 Å². The number of rotatable bonds is 3. The molecule has 2 heterocycles. The quantitative estimate of drug-likeness (QED) is 0.590. The highest BCUT2D eigenvalue weighted by Crippen LogP contribution is 2.32. The molecular weight excluding hydrogens is 464 g/mol. The van der Waals surface area contributed by atoms with E-state index >= 15 is 0 Å². The van der Waals surface area contributed by atoms with Crippen molar-refractivity contribution in [1.82, 2.24) is 9.88 Å². The minimum absolute atomic E-state index is 0.0413. The first-order chi connectivity index (χ1) is 12.5. The van der Waals surface area contributed by atoms with Gasteiger partial charge in [0.2, 0.25) is 0 Å². The van der Waals surface area contributed by atoms with Gasteiger partial charge in [-0.25, -0.2) is 0 Å². The van der Waals surface area contributed by atoms with Gasteiger partial charge in [-0.3, -0.25) is 4.79 Å². The highest BCUT2D eigenvalue weighted by atomic mass is 79.9. The first-order valence-corrected chi connectivity index (χ1v) is 9.71. The van der Waals surface area contributed by atoms with Crippen LogP contribution in [0.15, 0.2) is 45.5 Å². The van der Waals surface area contributed by atoms with Gasteiger partial charge in [-0.05, 0) is 61.7 Å².